The summed E-state index contributed by atoms with van der Waals surface area (Å²) in [4.78, 5) is 14.7. The fourth-order valence-corrected chi connectivity index (χ4v) is 4.90. The third kappa shape index (κ3) is 5.74. The normalized spacial score (nSPS) is 13.1. The summed E-state index contributed by atoms with van der Waals surface area (Å²) >= 11 is 0. The number of hydrogen-bond donors (Lipinski definition) is 1. The van der Waals surface area contributed by atoms with Crippen LogP contribution in [0.3, 0.4) is 0 Å². The SMILES string of the molecule is CC(=O)/C=C(/C)O.CC(C)(C)c1cc(-c2nccc3c2ccc2c(F)cccc23)[c-]c2c1CCC2.[Ir]. The van der Waals surface area contributed by atoms with Crippen molar-refractivity contribution in [2.75, 3.05) is 0 Å². The second-order valence-electron chi connectivity index (χ2n) is 10.2. The Labute approximate surface area is 225 Å². The molecule has 0 unspecified atom stereocenters. The number of nitrogens with zero attached hydrogens (tertiary/aromatic N) is 1. The molecule has 0 saturated heterocycles. The van der Waals surface area contributed by atoms with Gasteiger partial charge in [-0.1, -0.05) is 57.9 Å². The molecular weight excluding hydrogens is 630 g/mol. The Balaban J connectivity index is 0.000000400. The molecule has 189 valence electrons. The van der Waals surface area contributed by atoms with E-state index >= 15 is 0 Å². The zero-order chi connectivity index (χ0) is 25.3. The van der Waals surface area contributed by atoms with E-state index in [0.29, 0.717) is 5.39 Å². The van der Waals surface area contributed by atoms with Crippen LogP contribution in [0.1, 0.15) is 57.7 Å². The van der Waals surface area contributed by atoms with Gasteiger partial charge >= 0.3 is 0 Å². The number of carbonyl (C=O) groups is 1. The van der Waals surface area contributed by atoms with Crippen molar-refractivity contribution < 1.29 is 34.4 Å². The van der Waals surface area contributed by atoms with Gasteiger partial charge < -0.3 is 10.1 Å². The van der Waals surface area contributed by atoms with Crippen LogP contribution >= 0.6 is 0 Å². The molecule has 1 aliphatic carbocycles. The van der Waals surface area contributed by atoms with Gasteiger partial charge in [-0.3, -0.25) is 4.79 Å². The van der Waals surface area contributed by atoms with E-state index in [1.807, 2.05) is 30.5 Å². The molecule has 1 radical (unpaired) electrons. The number of aromatic nitrogens is 1. The van der Waals surface area contributed by atoms with Gasteiger partial charge in [0.25, 0.3) is 0 Å². The van der Waals surface area contributed by atoms with Crippen molar-refractivity contribution in [3.8, 4) is 11.3 Å². The maximum Gasteiger partial charge on any atom is 0.155 e. The molecule has 0 bridgehead atoms. The van der Waals surface area contributed by atoms with Crippen LogP contribution < -0.4 is 0 Å². The van der Waals surface area contributed by atoms with E-state index in [9.17, 15) is 9.18 Å². The molecule has 0 fully saturated rings. The van der Waals surface area contributed by atoms with Crippen LogP contribution in [-0.2, 0) is 43.2 Å². The van der Waals surface area contributed by atoms with Gasteiger partial charge in [-0.25, -0.2) is 4.39 Å². The van der Waals surface area contributed by atoms with Crippen molar-refractivity contribution in [2.45, 2.75) is 59.3 Å². The zero-order valence-electron chi connectivity index (χ0n) is 21.3. The van der Waals surface area contributed by atoms with Gasteiger partial charge in [0.1, 0.15) is 5.82 Å². The van der Waals surface area contributed by atoms with Crippen LogP contribution in [0.25, 0.3) is 32.8 Å². The molecule has 0 amide bonds. The Morgan fingerprint density at radius 3 is 2.36 bits per heavy atom. The summed E-state index contributed by atoms with van der Waals surface area (Å²) in [6, 6.07) is 17.1. The number of fused-ring (bicyclic) bond motifs is 4. The first kappa shape index (κ1) is 27.7. The van der Waals surface area contributed by atoms with Crippen molar-refractivity contribution in [1.29, 1.82) is 0 Å². The fraction of sp³-hybridized carbons (Fsp3) is 0.290. The monoisotopic (exact) mass is 661 g/mol. The molecule has 36 heavy (non-hydrogen) atoms. The number of aryl methyl sites for hydroxylation is 1. The Morgan fingerprint density at radius 2 is 1.72 bits per heavy atom. The molecule has 1 aromatic heterocycles. The minimum absolute atomic E-state index is 0. The van der Waals surface area contributed by atoms with Gasteiger partial charge in [-0.2, -0.15) is 0 Å². The minimum atomic E-state index is -0.183. The molecule has 0 aliphatic heterocycles. The summed E-state index contributed by atoms with van der Waals surface area (Å²) in [5, 5.41) is 12.0. The van der Waals surface area contributed by atoms with Crippen LogP contribution in [0, 0.1) is 11.9 Å². The van der Waals surface area contributed by atoms with Crippen LogP contribution in [0.4, 0.5) is 4.39 Å². The summed E-state index contributed by atoms with van der Waals surface area (Å²) in [7, 11) is 0. The summed E-state index contributed by atoms with van der Waals surface area (Å²) in [6.45, 7) is 9.67. The second-order valence-corrected chi connectivity index (χ2v) is 10.2. The number of aliphatic hydroxyl groups is 1. The molecule has 0 saturated carbocycles. The molecule has 5 rings (SSSR count). The molecule has 1 N–H and O–H groups in total. The Bertz CT molecular complexity index is 1460. The van der Waals surface area contributed by atoms with Crippen molar-refractivity contribution in [2.24, 2.45) is 0 Å². The number of allylic oxidation sites excluding steroid dienone is 2. The molecule has 0 atom stereocenters. The van der Waals surface area contributed by atoms with Crippen molar-refractivity contribution in [3.63, 3.8) is 0 Å². The van der Waals surface area contributed by atoms with Crippen molar-refractivity contribution in [1.82, 2.24) is 4.98 Å². The van der Waals surface area contributed by atoms with Crippen molar-refractivity contribution >= 4 is 27.3 Å². The quantitative estimate of drug-likeness (QED) is 0.103. The predicted molar refractivity (Wildman–Crippen MR) is 141 cm³/mol. The average molecular weight is 661 g/mol. The topological polar surface area (TPSA) is 50.2 Å². The Hall–Kier alpha value is -2.88. The van der Waals surface area contributed by atoms with E-state index in [1.165, 1.54) is 49.1 Å². The molecule has 1 heterocycles. The first-order valence-corrected chi connectivity index (χ1v) is 12.0. The summed E-state index contributed by atoms with van der Waals surface area (Å²) in [5.74, 6) is -0.246. The van der Waals surface area contributed by atoms with Crippen LogP contribution in [0.2, 0.25) is 0 Å². The third-order valence-corrected chi connectivity index (χ3v) is 6.34. The number of aliphatic hydroxyl groups excluding tert-OH is 1. The van der Waals surface area contributed by atoms with Gasteiger partial charge in [-0.15, -0.1) is 34.4 Å². The number of ketones is 1. The largest absolute Gasteiger partial charge is 0.512 e. The summed E-state index contributed by atoms with van der Waals surface area (Å²) < 4.78 is 14.3. The molecule has 3 nitrogen and oxygen atoms in total. The number of benzene rings is 3. The van der Waals surface area contributed by atoms with E-state index in [-0.39, 0.29) is 42.9 Å². The standard InChI is InChI=1S/C26H23FN.C5H8O2.Ir/c1-26(2,3)23-15-17(14-16-6-4-7-18(16)23)25-22-11-10-21-19(8-5-9-24(21)27)20(22)12-13-28-25;1-4(6)3-5(2)7;/h5,8-13,15H,4,6-7H2,1-3H3;3,6H,1-2H3;/q-1;;/b;4-3-;. The first-order valence-electron chi connectivity index (χ1n) is 12.0. The van der Waals surface area contributed by atoms with E-state index in [0.717, 1.165) is 40.3 Å². The van der Waals surface area contributed by atoms with E-state index in [2.05, 4.69) is 32.9 Å². The zero-order valence-corrected chi connectivity index (χ0v) is 23.7. The maximum atomic E-state index is 14.3. The maximum absolute atomic E-state index is 14.3. The van der Waals surface area contributed by atoms with Gasteiger partial charge in [0.15, 0.2) is 5.78 Å². The van der Waals surface area contributed by atoms with Crippen LogP contribution in [0.5, 0.6) is 0 Å². The number of rotatable bonds is 2. The van der Waals surface area contributed by atoms with E-state index in [1.54, 1.807) is 6.07 Å². The van der Waals surface area contributed by atoms with E-state index in [4.69, 9.17) is 10.1 Å². The minimum Gasteiger partial charge on any atom is -0.512 e. The van der Waals surface area contributed by atoms with Crippen LogP contribution in [0.15, 0.2) is 60.5 Å². The third-order valence-electron chi connectivity index (χ3n) is 6.34. The Kier molecular flexibility index (Phi) is 8.48. The second kappa shape index (κ2) is 11.0. The predicted octanol–water partition coefficient (Wildman–Crippen LogP) is 7.82. The van der Waals surface area contributed by atoms with Gasteiger partial charge in [0.2, 0.25) is 0 Å². The fourth-order valence-electron chi connectivity index (χ4n) is 4.90. The number of hydrogen-bond acceptors (Lipinski definition) is 3. The molecule has 0 spiro atoms. The summed E-state index contributed by atoms with van der Waals surface area (Å²) in [5.41, 5.74) is 6.28. The first-order chi connectivity index (χ1) is 16.6. The van der Waals surface area contributed by atoms with E-state index < -0.39 is 0 Å². The number of halogens is 1. The van der Waals surface area contributed by atoms with Crippen molar-refractivity contribution in [3.05, 3.63) is 89.1 Å². The average Bonchev–Trinajstić information content (AvgIpc) is 3.25. The van der Waals surface area contributed by atoms with Gasteiger partial charge in [-0.05, 0) is 59.7 Å². The smallest absolute Gasteiger partial charge is 0.155 e. The van der Waals surface area contributed by atoms with Gasteiger partial charge in [0.05, 0.1) is 5.76 Å². The molecule has 1 aliphatic rings. The Morgan fingerprint density at radius 1 is 1.03 bits per heavy atom. The number of carbonyl (C=O) groups excluding carboxylic acids is 1. The molecular formula is C31H31FIrNO2-. The van der Waals surface area contributed by atoms with Gasteiger partial charge in [0, 0.05) is 37.8 Å². The molecule has 5 heteroatoms. The molecule has 3 aromatic carbocycles. The number of pyridine rings is 1. The summed E-state index contributed by atoms with van der Waals surface area (Å²) in [6.07, 6.45) is 6.43. The molecule has 4 aromatic rings. The van der Waals surface area contributed by atoms with Crippen LogP contribution in [-0.4, -0.2) is 15.9 Å².